The van der Waals surface area contributed by atoms with Crippen molar-refractivity contribution in [1.82, 2.24) is 10.2 Å². The first kappa shape index (κ1) is 33.3. The Hall–Kier alpha value is -4.57. The van der Waals surface area contributed by atoms with Gasteiger partial charge in [0.25, 0.3) is 10.0 Å². The second kappa shape index (κ2) is 14.9. The third kappa shape index (κ3) is 8.33. The Kier molecular flexibility index (Phi) is 11.1. The van der Waals surface area contributed by atoms with Crippen LogP contribution < -0.4 is 9.62 Å². The number of sulfonamides is 1. The van der Waals surface area contributed by atoms with Gasteiger partial charge in [0.1, 0.15) is 24.2 Å². The van der Waals surface area contributed by atoms with E-state index in [2.05, 4.69) is 5.32 Å². The van der Waals surface area contributed by atoms with Crippen LogP contribution in [0.25, 0.3) is 0 Å². The second-order valence-electron chi connectivity index (χ2n) is 10.9. The Morgan fingerprint density at radius 1 is 0.822 bits per heavy atom. The zero-order chi connectivity index (χ0) is 32.6. The van der Waals surface area contributed by atoms with Gasteiger partial charge in [0.2, 0.25) is 11.8 Å². The molecule has 0 spiro atoms. The highest BCUT2D eigenvalue weighted by Gasteiger charge is 2.36. The Bertz CT molecular complexity index is 1720. The minimum absolute atomic E-state index is 0.0771. The largest absolute Gasteiger partial charge is 0.352 e. The van der Waals surface area contributed by atoms with E-state index in [1.165, 1.54) is 53.4 Å². The lowest BCUT2D eigenvalue weighted by molar-refractivity contribution is -0.140. The zero-order valence-corrected chi connectivity index (χ0v) is 26.3. The maximum Gasteiger partial charge on any atom is 0.264 e. The summed E-state index contributed by atoms with van der Waals surface area (Å²) in [5.74, 6) is -2.72. The Balaban J connectivity index is 1.83. The van der Waals surface area contributed by atoms with Crippen molar-refractivity contribution >= 4 is 27.5 Å². The lowest BCUT2D eigenvalue weighted by Crippen LogP contribution is -2.54. The van der Waals surface area contributed by atoms with E-state index in [-0.39, 0.29) is 35.2 Å². The number of nitrogens with one attached hydrogen (secondary N) is 1. The highest BCUT2D eigenvalue weighted by atomic mass is 32.2. The Morgan fingerprint density at radius 3 is 2.04 bits per heavy atom. The Morgan fingerprint density at radius 2 is 1.42 bits per heavy atom. The van der Waals surface area contributed by atoms with E-state index in [4.69, 9.17) is 0 Å². The summed E-state index contributed by atoms with van der Waals surface area (Å²) >= 11 is 0. The molecule has 45 heavy (non-hydrogen) atoms. The van der Waals surface area contributed by atoms with Crippen LogP contribution in [0.1, 0.15) is 37.0 Å². The van der Waals surface area contributed by atoms with Crippen LogP contribution in [0.15, 0.2) is 108 Å². The zero-order valence-electron chi connectivity index (χ0n) is 25.5. The molecule has 4 aromatic carbocycles. The van der Waals surface area contributed by atoms with E-state index in [9.17, 15) is 22.4 Å². The molecule has 0 aliphatic carbocycles. The maximum atomic E-state index is 15.2. The highest BCUT2D eigenvalue weighted by molar-refractivity contribution is 7.92. The molecule has 236 valence electrons. The number of carbonyl (C=O) groups is 2. The van der Waals surface area contributed by atoms with Gasteiger partial charge >= 0.3 is 0 Å². The van der Waals surface area contributed by atoms with E-state index < -0.39 is 46.1 Å². The van der Waals surface area contributed by atoms with Crippen LogP contribution in [0, 0.1) is 18.6 Å². The second-order valence-corrected chi connectivity index (χ2v) is 12.8. The number of rotatable bonds is 13. The topological polar surface area (TPSA) is 86.8 Å². The van der Waals surface area contributed by atoms with Gasteiger partial charge < -0.3 is 10.2 Å². The van der Waals surface area contributed by atoms with Crippen molar-refractivity contribution in [1.29, 1.82) is 0 Å². The van der Waals surface area contributed by atoms with Gasteiger partial charge in [-0.15, -0.1) is 0 Å². The molecule has 0 saturated carbocycles. The van der Waals surface area contributed by atoms with E-state index >= 15 is 4.39 Å². The summed E-state index contributed by atoms with van der Waals surface area (Å²) in [5, 5.41) is 2.92. The average Bonchev–Trinajstić information content (AvgIpc) is 3.03. The van der Waals surface area contributed by atoms with Gasteiger partial charge in [-0.3, -0.25) is 13.9 Å². The van der Waals surface area contributed by atoms with Crippen molar-refractivity contribution in [2.45, 2.75) is 57.1 Å². The minimum Gasteiger partial charge on any atom is -0.352 e. The molecule has 10 heteroatoms. The van der Waals surface area contributed by atoms with Gasteiger partial charge in [0.15, 0.2) is 0 Å². The molecule has 0 aliphatic rings. The first-order valence-corrected chi connectivity index (χ1v) is 16.2. The lowest BCUT2D eigenvalue weighted by Gasteiger charge is -2.34. The van der Waals surface area contributed by atoms with Crippen molar-refractivity contribution in [2.24, 2.45) is 0 Å². The molecule has 0 saturated heterocycles. The van der Waals surface area contributed by atoms with Crippen LogP contribution in [0.5, 0.6) is 0 Å². The first-order valence-electron chi connectivity index (χ1n) is 14.7. The van der Waals surface area contributed by atoms with E-state index in [1.54, 1.807) is 37.3 Å². The minimum atomic E-state index is -4.46. The smallest absolute Gasteiger partial charge is 0.264 e. The van der Waals surface area contributed by atoms with Crippen LogP contribution in [0.3, 0.4) is 0 Å². The average molecular weight is 634 g/mol. The maximum absolute atomic E-state index is 15.2. The van der Waals surface area contributed by atoms with Crippen molar-refractivity contribution in [3.8, 4) is 0 Å². The number of anilines is 1. The monoisotopic (exact) mass is 633 g/mol. The fraction of sp³-hybridized carbons (Fsp3) is 0.257. The number of amides is 2. The molecule has 0 aromatic heterocycles. The SMILES string of the molecule is CCC(C)NC(=O)C(Cc1ccccc1)N(Cc1ccccc1F)C(=O)CN(c1ccccc1F)S(=O)(=O)c1ccc(C)cc1. The fourth-order valence-electron chi connectivity index (χ4n) is 4.81. The van der Waals surface area contributed by atoms with Crippen molar-refractivity contribution < 1.29 is 26.8 Å². The van der Waals surface area contributed by atoms with E-state index in [0.29, 0.717) is 10.7 Å². The van der Waals surface area contributed by atoms with Crippen molar-refractivity contribution in [3.63, 3.8) is 0 Å². The number of halogens is 2. The third-order valence-corrected chi connectivity index (χ3v) is 9.35. The number of hydrogen-bond acceptors (Lipinski definition) is 4. The summed E-state index contributed by atoms with van der Waals surface area (Å²) in [6.45, 7) is 4.36. The van der Waals surface area contributed by atoms with Gasteiger partial charge in [0, 0.05) is 24.6 Å². The summed E-state index contributed by atoms with van der Waals surface area (Å²) in [4.78, 5) is 29.2. The predicted molar refractivity (Wildman–Crippen MR) is 171 cm³/mol. The predicted octanol–water partition coefficient (Wildman–Crippen LogP) is 6.02. The number of para-hydroxylation sites is 1. The number of carbonyl (C=O) groups excluding carboxylic acids is 2. The van der Waals surface area contributed by atoms with Crippen LogP contribution in [-0.2, 0) is 32.6 Å². The summed E-state index contributed by atoms with van der Waals surface area (Å²) in [7, 11) is -4.46. The molecular formula is C35H37F2N3O4S. The molecule has 4 aromatic rings. The Labute approximate surface area is 263 Å². The molecule has 4 rings (SSSR count). The molecule has 0 fully saturated rings. The molecule has 2 atom stereocenters. The summed E-state index contributed by atoms with van der Waals surface area (Å²) in [5.41, 5.74) is 1.36. The van der Waals surface area contributed by atoms with Gasteiger partial charge in [-0.2, -0.15) is 0 Å². The van der Waals surface area contributed by atoms with Crippen LogP contribution in [-0.4, -0.2) is 43.8 Å². The van der Waals surface area contributed by atoms with Gasteiger partial charge in [-0.1, -0.05) is 85.3 Å². The summed E-state index contributed by atoms with van der Waals surface area (Å²) in [6.07, 6.45) is 0.703. The molecule has 1 N–H and O–H groups in total. The number of aryl methyl sites for hydroxylation is 1. The first-order chi connectivity index (χ1) is 21.5. The van der Waals surface area contributed by atoms with Crippen molar-refractivity contribution in [2.75, 3.05) is 10.8 Å². The van der Waals surface area contributed by atoms with Crippen LogP contribution in [0.4, 0.5) is 14.5 Å². The fourth-order valence-corrected chi connectivity index (χ4v) is 6.23. The summed E-state index contributed by atoms with van der Waals surface area (Å²) in [6, 6.07) is 24.8. The van der Waals surface area contributed by atoms with Crippen LogP contribution in [0.2, 0.25) is 0 Å². The van der Waals surface area contributed by atoms with Gasteiger partial charge in [0.05, 0.1) is 10.6 Å². The molecule has 2 unspecified atom stereocenters. The van der Waals surface area contributed by atoms with E-state index in [1.807, 2.05) is 32.0 Å². The summed E-state index contributed by atoms with van der Waals surface area (Å²) < 4.78 is 58.9. The number of hydrogen-bond donors (Lipinski definition) is 1. The van der Waals surface area contributed by atoms with E-state index in [0.717, 1.165) is 17.2 Å². The number of nitrogens with zero attached hydrogens (tertiary/aromatic N) is 2. The van der Waals surface area contributed by atoms with Crippen molar-refractivity contribution in [3.05, 3.63) is 131 Å². The molecule has 0 bridgehead atoms. The van der Waals surface area contributed by atoms with Crippen LogP contribution >= 0.6 is 0 Å². The molecule has 0 heterocycles. The normalized spacial score (nSPS) is 12.6. The quantitative estimate of drug-likeness (QED) is 0.195. The standard InChI is InChI=1S/C35H37F2N3O4S/c1-4-26(3)38-35(42)33(22-27-12-6-5-7-13-27)39(23-28-14-8-9-15-30(28)36)34(41)24-40(32-17-11-10-16-31(32)37)45(43,44)29-20-18-25(2)19-21-29/h5-21,26,33H,4,22-24H2,1-3H3,(H,38,42). The highest BCUT2D eigenvalue weighted by Crippen LogP contribution is 2.27. The molecule has 7 nitrogen and oxygen atoms in total. The van der Waals surface area contributed by atoms with Gasteiger partial charge in [-0.05, 0) is 56.2 Å². The third-order valence-electron chi connectivity index (χ3n) is 7.58. The number of benzene rings is 4. The lowest BCUT2D eigenvalue weighted by atomic mass is 10.0. The molecule has 2 amide bonds. The molecule has 0 aliphatic heterocycles. The molecular weight excluding hydrogens is 596 g/mol. The molecule has 0 radical (unpaired) electrons. The van der Waals surface area contributed by atoms with Gasteiger partial charge in [-0.25, -0.2) is 17.2 Å².